The first-order valence-corrected chi connectivity index (χ1v) is 4.63. The van der Waals surface area contributed by atoms with Crippen LogP contribution in [0.25, 0.3) is 0 Å². The third kappa shape index (κ3) is 2.66. The van der Waals surface area contributed by atoms with Crippen LogP contribution in [0.15, 0.2) is 12.2 Å². The molecule has 0 radical (unpaired) electrons. The second kappa shape index (κ2) is 3.91. The molecular weight excluding hydrogens is 134 g/mol. The second-order valence-corrected chi connectivity index (χ2v) is 3.81. The van der Waals surface area contributed by atoms with E-state index in [1.54, 1.807) is 0 Å². The minimum Gasteiger partial charge on any atom is -0.308 e. The monoisotopic (exact) mass is 153 g/mol. The van der Waals surface area contributed by atoms with Crippen molar-refractivity contribution < 1.29 is 0 Å². The van der Waals surface area contributed by atoms with Crippen LogP contribution in [0.5, 0.6) is 0 Å². The lowest BCUT2D eigenvalue weighted by Crippen LogP contribution is -2.37. The molecule has 0 aromatic rings. The lowest BCUT2D eigenvalue weighted by atomic mass is 10.1. The predicted octanol–water partition coefficient (Wildman–Crippen LogP) is 2.34. The van der Waals surface area contributed by atoms with Crippen LogP contribution in [-0.4, -0.2) is 12.1 Å². The zero-order valence-electron chi connectivity index (χ0n) is 7.80. The van der Waals surface area contributed by atoms with Gasteiger partial charge in [0.2, 0.25) is 0 Å². The number of allylic oxidation sites excluding steroid dienone is 1. The van der Waals surface area contributed by atoms with E-state index in [1.165, 1.54) is 12.8 Å². The Hall–Kier alpha value is -0.300. The van der Waals surface area contributed by atoms with Gasteiger partial charge in [-0.1, -0.05) is 26.0 Å². The standard InChI is InChI=1S/C10H19N/c1-8(2)9(3)11-10-6-4-5-7-10/h4,6,8-11H,5,7H2,1-3H3. The Morgan fingerprint density at radius 2 is 2.09 bits per heavy atom. The molecule has 1 aliphatic rings. The number of rotatable bonds is 3. The zero-order valence-corrected chi connectivity index (χ0v) is 7.80. The van der Waals surface area contributed by atoms with Crippen molar-refractivity contribution in [3.8, 4) is 0 Å². The Bertz CT molecular complexity index is 138. The fourth-order valence-electron chi connectivity index (χ4n) is 1.30. The van der Waals surface area contributed by atoms with Crippen LogP contribution in [0.1, 0.15) is 33.6 Å². The van der Waals surface area contributed by atoms with Crippen molar-refractivity contribution in [2.45, 2.75) is 45.7 Å². The lowest BCUT2D eigenvalue weighted by molar-refractivity contribution is 0.397. The summed E-state index contributed by atoms with van der Waals surface area (Å²) >= 11 is 0. The van der Waals surface area contributed by atoms with E-state index in [2.05, 4.69) is 38.2 Å². The van der Waals surface area contributed by atoms with Gasteiger partial charge in [-0.25, -0.2) is 0 Å². The summed E-state index contributed by atoms with van der Waals surface area (Å²) in [4.78, 5) is 0. The molecule has 0 heterocycles. The van der Waals surface area contributed by atoms with E-state index < -0.39 is 0 Å². The van der Waals surface area contributed by atoms with Gasteiger partial charge in [-0.15, -0.1) is 0 Å². The highest BCUT2D eigenvalue weighted by Crippen LogP contribution is 2.11. The van der Waals surface area contributed by atoms with Crippen LogP contribution in [0.2, 0.25) is 0 Å². The SMILES string of the molecule is CC(C)C(C)NC1C=CCC1. The van der Waals surface area contributed by atoms with Gasteiger partial charge in [-0.3, -0.25) is 0 Å². The molecule has 1 rings (SSSR count). The molecule has 0 bridgehead atoms. The summed E-state index contributed by atoms with van der Waals surface area (Å²) in [5, 5.41) is 3.59. The minimum absolute atomic E-state index is 0.641. The van der Waals surface area contributed by atoms with E-state index in [0.717, 1.165) is 5.92 Å². The first kappa shape index (κ1) is 8.79. The maximum atomic E-state index is 3.59. The molecule has 0 saturated carbocycles. The summed E-state index contributed by atoms with van der Waals surface area (Å²) in [6.45, 7) is 6.78. The molecule has 0 saturated heterocycles. The number of nitrogens with one attached hydrogen (secondary N) is 1. The molecule has 1 nitrogen and oxygen atoms in total. The molecular formula is C10H19N. The third-order valence-corrected chi connectivity index (χ3v) is 2.49. The summed E-state index contributed by atoms with van der Waals surface area (Å²) in [5.41, 5.74) is 0. The quantitative estimate of drug-likeness (QED) is 0.614. The smallest absolute Gasteiger partial charge is 0.0255 e. The van der Waals surface area contributed by atoms with Gasteiger partial charge in [0.1, 0.15) is 0 Å². The van der Waals surface area contributed by atoms with Gasteiger partial charge in [0.25, 0.3) is 0 Å². The Morgan fingerprint density at radius 1 is 1.36 bits per heavy atom. The van der Waals surface area contributed by atoms with E-state index in [4.69, 9.17) is 0 Å². The Labute approximate surface area is 69.9 Å². The largest absolute Gasteiger partial charge is 0.308 e. The van der Waals surface area contributed by atoms with Crippen LogP contribution in [0.4, 0.5) is 0 Å². The molecule has 2 unspecified atom stereocenters. The minimum atomic E-state index is 0.641. The Morgan fingerprint density at radius 3 is 2.55 bits per heavy atom. The predicted molar refractivity (Wildman–Crippen MR) is 49.6 cm³/mol. The van der Waals surface area contributed by atoms with Crippen molar-refractivity contribution in [1.29, 1.82) is 0 Å². The molecule has 0 spiro atoms. The third-order valence-electron chi connectivity index (χ3n) is 2.49. The van der Waals surface area contributed by atoms with Gasteiger partial charge in [0.05, 0.1) is 0 Å². The summed E-state index contributed by atoms with van der Waals surface area (Å²) < 4.78 is 0. The number of hydrogen-bond donors (Lipinski definition) is 1. The van der Waals surface area contributed by atoms with Gasteiger partial charge in [-0.2, -0.15) is 0 Å². The normalized spacial score (nSPS) is 26.4. The molecule has 0 aromatic heterocycles. The lowest BCUT2D eigenvalue weighted by Gasteiger charge is -2.21. The van der Waals surface area contributed by atoms with Crippen molar-refractivity contribution in [1.82, 2.24) is 5.32 Å². The second-order valence-electron chi connectivity index (χ2n) is 3.81. The summed E-state index contributed by atoms with van der Waals surface area (Å²) in [6.07, 6.45) is 7.10. The van der Waals surface area contributed by atoms with Crippen molar-refractivity contribution in [3.05, 3.63) is 12.2 Å². The molecule has 0 amide bonds. The zero-order chi connectivity index (χ0) is 8.27. The molecule has 1 aliphatic carbocycles. The van der Waals surface area contributed by atoms with Gasteiger partial charge >= 0.3 is 0 Å². The highest BCUT2D eigenvalue weighted by molar-refractivity contribution is 5.01. The molecule has 1 heteroatoms. The van der Waals surface area contributed by atoms with E-state index in [0.29, 0.717) is 12.1 Å². The molecule has 11 heavy (non-hydrogen) atoms. The van der Waals surface area contributed by atoms with Crippen LogP contribution in [0.3, 0.4) is 0 Å². The van der Waals surface area contributed by atoms with Crippen molar-refractivity contribution in [2.75, 3.05) is 0 Å². The molecule has 0 aliphatic heterocycles. The fourth-order valence-corrected chi connectivity index (χ4v) is 1.30. The molecule has 2 atom stereocenters. The van der Waals surface area contributed by atoms with E-state index in [1.807, 2.05) is 0 Å². The van der Waals surface area contributed by atoms with Gasteiger partial charge in [-0.05, 0) is 25.7 Å². The van der Waals surface area contributed by atoms with Gasteiger partial charge < -0.3 is 5.32 Å². The number of hydrogen-bond acceptors (Lipinski definition) is 1. The van der Waals surface area contributed by atoms with E-state index >= 15 is 0 Å². The maximum absolute atomic E-state index is 3.59. The molecule has 0 aromatic carbocycles. The van der Waals surface area contributed by atoms with Crippen molar-refractivity contribution in [2.24, 2.45) is 5.92 Å². The van der Waals surface area contributed by atoms with Gasteiger partial charge in [0.15, 0.2) is 0 Å². The Kier molecular flexibility index (Phi) is 3.13. The van der Waals surface area contributed by atoms with Crippen LogP contribution in [0, 0.1) is 5.92 Å². The summed E-state index contributed by atoms with van der Waals surface area (Å²) in [5.74, 6) is 0.740. The van der Waals surface area contributed by atoms with Crippen molar-refractivity contribution in [3.63, 3.8) is 0 Å². The average Bonchev–Trinajstić information content (AvgIpc) is 2.39. The van der Waals surface area contributed by atoms with Crippen LogP contribution >= 0.6 is 0 Å². The van der Waals surface area contributed by atoms with Crippen LogP contribution in [-0.2, 0) is 0 Å². The first-order valence-electron chi connectivity index (χ1n) is 4.63. The fraction of sp³-hybridized carbons (Fsp3) is 0.800. The maximum Gasteiger partial charge on any atom is 0.0255 e. The molecule has 1 N–H and O–H groups in total. The summed E-state index contributed by atoms with van der Waals surface area (Å²) in [7, 11) is 0. The summed E-state index contributed by atoms with van der Waals surface area (Å²) in [6, 6.07) is 1.29. The van der Waals surface area contributed by atoms with Crippen LogP contribution < -0.4 is 5.32 Å². The van der Waals surface area contributed by atoms with E-state index in [9.17, 15) is 0 Å². The van der Waals surface area contributed by atoms with E-state index in [-0.39, 0.29) is 0 Å². The van der Waals surface area contributed by atoms with Crippen molar-refractivity contribution >= 4 is 0 Å². The first-order chi connectivity index (χ1) is 5.20. The highest BCUT2D eigenvalue weighted by atomic mass is 14.9. The van der Waals surface area contributed by atoms with Gasteiger partial charge in [0, 0.05) is 12.1 Å². The molecule has 0 fully saturated rings. The average molecular weight is 153 g/mol. The Balaban J connectivity index is 2.24. The highest BCUT2D eigenvalue weighted by Gasteiger charge is 2.13. The molecule has 64 valence electrons. The topological polar surface area (TPSA) is 12.0 Å².